The lowest BCUT2D eigenvalue weighted by molar-refractivity contribution is 0.324. The molecule has 0 radical (unpaired) electrons. The van der Waals surface area contributed by atoms with Crippen LogP contribution in [-0.2, 0) is 15.3 Å². The van der Waals surface area contributed by atoms with Crippen LogP contribution in [0.5, 0.6) is 0 Å². The topological polar surface area (TPSA) is 72.2 Å². The Morgan fingerprint density at radius 1 is 1.29 bits per heavy atom. The minimum atomic E-state index is -2.96. The van der Waals surface area contributed by atoms with Crippen LogP contribution in [0.15, 0.2) is 24.3 Å². The van der Waals surface area contributed by atoms with Crippen molar-refractivity contribution in [2.45, 2.75) is 45.1 Å². The number of hydrazine groups is 1. The highest BCUT2D eigenvalue weighted by Gasteiger charge is 2.30. The Hall–Kier alpha value is -0.980. The van der Waals surface area contributed by atoms with Crippen molar-refractivity contribution in [2.75, 3.05) is 11.5 Å². The van der Waals surface area contributed by atoms with Gasteiger partial charge in [-0.15, -0.1) is 0 Å². The van der Waals surface area contributed by atoms with E-state index >= 15 is 0 Å². The average Bonchev–Trinajstić information content (AvgIpc) is 2.44. The molecule has 0 heterocycles. The first-order valence-electron chi connectivity index (χ1n) is 7.15. The van der Waals surface area contributed by atoms with Crippen LogP contribution in [0, 0.1) is 5.82 Å². The Kier molecular flexibility index (Phi) is 6.31. The second-order valence-electron chi connectivity index (χ2n) is 5.83. The second kappa shape index (κ2) is 7.33. The van der Waals surface area contributed by atoms with Crippen LogP contribution in [-0.4, -0.2) is 26.0 Å². The monoisotopic (exact) mass is 316 g/mol. The normalized spacial score (nSPS) is 14.1. The summed E-state index contributed by atoms with van der Waals surface area (Å²) in [6.07, 6.45) is 1.19. The maximum atomic E-state index is 13.0. The van der Waals surface area contributed by atoms with Gasteiger partial charge in [-0.2, -0.15) is 0 Å². The summed E-state index contributed by atoms with van der Waals surface area (Å²) in [7, 11) is -2.96. The Labute approximate surface area is 126 Å². The lowest BCUT2D eigenvalue weighted by Gasteiger charge is -2.34. The van der Waals surface area contributed by atoms with Crippen LogP contribution in [0.2, 0.25) is 0 Å². The second-order valence-corrected chi connectivity index (χ2v) is 8.30. The summed E-state index contributed by atoms with van der Waals surface area (Å²) in [5.74, 6) is 5.69. The number of sulfone groups is 1. The molecule has 1 rings (SSSR count). The highest BCUT2D eigenvalue weighted by Crippen LogP contribution is 2.29. The zero-order chi connectivity index (χ0) is 16.1. The molecule has 0 aromatic heterocycles. The first-order valence-corrected chi connectivity index (χ1v) is 8.97. The minimum Gasteiger partial charge on any atom is -0.271 e. The van der Waals surface area contributed by atoms with Crippen molar-refractivity contribution >= 4 is 9.84 Å². The summed E-state index contributed by atoms with van der Waals surface area (Å²) in [5.41, 5.74) is 3.41. The van der Waals surface area contributed by atoms with Crippen molar-refractivity contribution in [1.29, 1.82) is 0 Å². The highest BCUT2D eigenvalue weighted by molar-refractivity contribution is 7.91. The van der Waals surface area contributed by atoms with Gasteiger partial charge in [0.25, 0.3) is 0 Å². The van der Waals surface area contributed by atoms with E-state index in [0.29, 0.717) is 12.8 Å². The molecule has 1 aromatic rings. The third kappa shape index (κ3) is 5.05. The van der Waals surface area contributed by atoms with Gasteiger partial charge in [0.1, 0.15) is 15.7 Å². The van der Waals surface area contributed by atoms with E-state index in [1.54, 1.807) is 19.1 Å². The molecular formula is C15H25FN2O2S. The summed E-state index contributed by atoms with van der Waals surface area (Å²) >= 11 is 0. The van der Waals surface area contributed by atoms with Crippen LogP contribution in [0.3, 0.4) is 0 Å². The molecule has 0 aliphatic rings. The van der Waals surface area contributed by atoms with Gasteiger partial charge in [-0.1, -0.05) is 32.9 Å². The average molecular weight is 316 g/mol. The molecule has 0 saturated carbocycles. The third-order valence-electron chi connectivity index (χ3n) is 4.05. The fourth-order valence-corrected chi connectivity index (χ4v) is 3.28. The van der Waals surface area contributed by atoms with Crippen molar-refractivity contribution in [3.05, 3.63) is 35.6 Å². The summed E-state index contributed by atoms with van der Waals surface area (Å²) in [6.45, 7) is 5.68. The van der Waals surface area contributed by atoms with Crippen LogP contribution >= 0.6 is 0 Å². The third-order valence-corrected chi connectivity index (χ3v) is 5.84. The summed E-state index contributed by atoms with van der Waals surface area (Å²) in [4.78, 5) is 0. The zero-order valence-electron chi connectivity index (χ0n) is 12.9. The summed E-state index contributed by atoms with van der Waals surface area (Å²) in [5, 5.41) is 0. The van der Waals surface area contributed by atoms with E-state index < -0.39 is 9.84 Å². The van der Waals surface area contributed by atoms with Crippen molar-refractivity contribution in [3.63, 3.8) is 0 Å². The predicted molar refractivity (Wildman–Crippen MR) is 84.1 cm³/mol. The van der Waals surface area contributed by atoms with E-state index in [4.69, 9.17) is 5.84 Å². The van der Waals surface area contributed by atoms with Gasteiger partial charge in [0.2, 0.25) is 0 Å². The molecule has 0 bridgehead atoms. The number of halogens is 1. The Bertz CT molecular complexity index is 541. The summed E-state index contributed by atoms with van der Waals surface area (Å²) in [6, 6.07) is 6.23. The standard InChI is InChI=1S/C15H25FN2O2S/c1-4-21(19,20)11-5-6-14(18-17)15(2,3)12-7-9-13(16)10-8-12/h7-10,14,18H,4-6,11,17H2,1-3H3. The maximum absolute atomic E-state index is 13.0. The van der Waals surface area contributed by atoms with E-state index in [9.17, 15) is 12.8 Å². The van der Waals surface area contributed by atoms with Gasteiger partial charge in [0.05, 0.1) is 5.75 Å². The van der Waals surface area contributed by atoms with Crippen LogP contribution in [0.1, 0.15) is 39.2 Å². The lowest BCUT2D eigenvalue weighted by atomic mass is 9.76. The van der Waals surface area contributed by atoms with Crippen molar-refractivity contribution in [2.24, 2.45) is 5.84 Å². The number of nitrogens with two attached hydrogens (primary N) is 1. The van der Waals surface area contributed by atoms with E-state index in [2.05, 4.69) is 5.43 Å². The van der Waals surface area contributed by atoms with E-state index in [1.807, 2.05) is 13.8 Å². The summed E-state index contributed by atoms with van der Waals surface area (Å²) < 4.78 is 36.1. The fourth-order valence-electron chi connectivity index (χ4n) is 2.38. The van der Waals surface area contributed by atoms with Gasteiger partial charge in [0, 0.05) is 17.2 Å². The van der Waals surface area contributed by atoms with Crippen molar-refractivity contribution < 1.29 is 12.8 Å². The van der Waals surface area contributed by atoms with Gasteiger partial charge in [-0.3, -0.25) is 11.3 Å². The molecule has 6 heteroatoms. The molecule has 120 valence electrons. The molecular weight excluding hydrogens is 291 g/mol. The van der Waals surface area contributed by atoms with E-state index in [1.165, 1.54) is 12.1 Å². The lowest BCUT2D eigenvalue weighted by Crippen LogP contribution is -2.48. The highest BCUT2D eigenvalue weighted by atomic mass is 32.2. The molecule has 1 unspecified atom stereocenters. The number of rotatable bonds is 8. The Balaban J connectivity index is 2.76. The minimum absolute atomic E-state index is 0.0879. The van der Waals surface area contributed by atoms with Gasteiger partial charge in [-0.05, 0) is 30.5 Å². The number of hydrogen-bond donors (Lipinski definition) is 2. The van der Waals surface area contributed by atoms with Crippen molar-refractivity contribution in [1.82, 2.24) is 5.43 Å². The first-order chi connectivity index (χ1) is 9.73. The number of hydrogen-bond acceptors (Lipinski definition) is 4. The molecule has 0 aliphatic heterocycles. The molecule has 21 heavy (non-hydrogen) atoms. The van der Waals surface area contributed by atoms with Crippen LogP contribution in [0.4, 0.5) is 4.39 Å². The fraction of sp³-hybridized carbons (Fsp3) is 0.600. The molecule has 0 saturated heterocycles. The number of benzene rings is 1. The molecule has 1 atom stereocenters. The maximum Gasteiger partial charge on any atom is 0.150 e. The van der Waals surface area contributed by atoms with Crippen LogP contribution < -0.4 is 11.3 Å². The quantitative estimate of drug-likeness (QED) is 0.569. The molecule has 0 amide bonds. The van der Waals surface area contributed by atoms with E-state index in [-0.39, 0.29) is 28.8 Å². The first kappa shape index (κ1) is 18.1. The Morgan fingerprint density at radius 2 is 1.86 bits per heavy atom. The molecule has 0 aliphatic carbocycles. The van der Waals surface area contributed by atoms with Gasteiger partial charge < -0.3 is 0 Å². The number of nitrogens with one attached hydrogen (secondary N) is 1. The van der Waals surface area contributed by atoms with E-state index in [0.717, 1.165) is 5.56 Å². The zero-order valence-corrected chi connectivity index (χ0v) is 13.7. The van der Waals surface area contributed by atoms with Gasteiger partial charge in [0.15, 0.2) is 0 Å². The Morgan fingerprint density at radius 3 is 2.33 bits per heavy atom. The molecule has 0 spiro atoms. The van der Waals surface area contributed by atoms with Gasteiger partial charge >= 0.3 is 0 Å². The SMILES string of the molecule is CCS(=O)(=O)CCCC(NN)C(C)(C)c1ccc(F)cc1. The van der Waals surface area contributed by atoms with Gasteiger partial charge in [-0.25, -0.2) is 12.8 Å². The predicted octanol–water partition coefficient (Wildman–Crippen LogP) is 2.15. The smallest absolute Gasteiger partial charge is 0.150 e. The largest absolute Gasteiger partial charge is 0.271 e. The molecule has 1 aromatic carbocycles. The van der Waals surface area contributed by atoms with Crippen LogP contribution in [0.25, 0.3) is 0 Å². The molecule has 3 N–H and O–H groups in total. The molecule has 0 fully saturated rings. The van der Waals surface area contributed by atoms with Crippen molar-refractivity contribution in [3.8, 4) is 0 Å². The molecule has 4 nitrogen and oxygen atoms in total.